The molecule has 2 aromatic rings. The summed E-state index contributed by atoms with van der Waals surface area (Å²) in [6, 6.07) is 11.0. The summed E-state index contributed by atoms with van der Waals surface area (Å²) in [5.41, 5.74) is 1.19. The van der Waals surface area contributed by atoms with Crippen molar-refractivity contribution < 1.29 is 9.90 Å². The number of halogens is 3. The molecule has 0 saturated heterocycles. The minimum atomic E-state index is -0.997. The lowest BCUT2D eigenvalue weighted by Gasteiger charge is -2.17. The number of rotatable bonds is 4. The van der Waals surface area contributed by atoms with Gasteiger partial charge < -0.3 is 10.4 Å². The van der Waals surface area contributed by atoms with Crippen LogP contribution < -0.4 is 5.32 Å². The second kappa shape index (κ2) is 6.48. The molecule has 1 unspecified atom stereocenters. The first-order valence-corrected chi connectivity index (χ1v) is 7.22. The van der Waals surface area contributed by atoms with E-state index < -0.39 is 12.0 Å². The summed E-state index contributed by atoms with van der Waals surface area (Å²) in [5.74, 6) is -0.997. The Kier molecular flexibility index (Phi) is 4.91. The summed E-state index contributed by atoms with van der Waals surface area (Å²) in [4.78, 5) is 11.4. The Morgan fingerprint density at radius 1 is 1.20 bits per heavy atom. The first kappa shape index (κ1) is 15.2. The van der Waals surface area contributed by atoms with Crippen LogP contribution in [0.4, 0.5) is 5.69 Å². The molecule has 0 saturated carbocycles. The molecule has 104 valence electrons. The van der Waals surface area contributed by atoms with Crippen LogP contribution in [0.15, 0.2) is 46.9 Å². The zero-order valence-corrected chi connectivity index (χ0v) is 13.2. The normalized spacial score (nSPS) is 11.9. The molecule has 0 spiro atoms. The van der Waals surface area contributed by atoms with Gasteiger partial charge in [-0.1, -0.05) is 35.3 Å². The van der Waals surface area contributed by atoms with Crippen LogP contribution in [0.2, 0.25) is 10.0 Å². The monoisotopic (exact) mass is 373 g/mol. The SMILES string of the molecule is O=C(O)C(Nc1cccc(Cl)c1)c1ccc(Br)c(Cl)c1. The molecule has 0 fully saturated rings. The van der Waals surface area contributed by atoms with Crippen molar-refractivity contribution in [2.75, 3.05) is 5.32 Å². The van der Waals surface area contributed by atoms with E-state index >= 15 is 0 Å². The van der Waals surface area contributed by atoms with Crippen molar-refractivity contribution in [1.29, 1.82) is 0 Å². The molecular formula is C14H10BrCl2NO2. The molecule has 2 rings (SSSR count). The number of carboxylic acids is 1. The van der Waals surface area contributed by atoms with Crippen LogP contribution in [0, 0.1) is 0 Å². The number of benzene rings is 2. The van der Waals surface area contributed by atoms with Crippen LogP contribution in [0.25, 0.3) is 0 Å². The first-order valence-electron chi connectivity index (χ1n) is 5.67. The van der Waals surface area contributed by atoms with Crippen LogP contribution in [-0.4, -0.2) is 11.1 Å². The Morgan fingerprint density at radius 2 is 1.95 bits per heavy atom. The summed E-state index contributed by atoms with van der Waals surface area (Å²) in [6.07, 6.45) is 0. The zero-order chi connectivity index (χ0) is 14.7. The molecule has 1 atom stereocenters. The lowest BCUT2D eigenvalue weighted by Crippen LogP contribution is -2.20. The zero-order valence-electron chi connectivity index (χ0n) is 10.1. The van der Waals surface area contributed by atoms with Crippen LogP contribution in [0.1, 0.15) is 11.6 Å². The van der Waals surface area contributed by atoms with Gasteiger partial charge in [-0.05, 0) is 51.8 Å². The molecule has 0 radical (unpaired) electrons. The number of hydrogen-bond acceptors (Lipinski definition) is 2. The summed E-state index contributed by atoms with van der Waals surface area (Å²) < 4.78 is 0.717. The molecule has 0 amide bonds. The average molecular weight is 375 g/mol. The lowest BCUT2D eigenvalue weighted by atomic mass is 10.1. The topological polar surface area (TPSA) is 49.3 Å². The molecule has 3 nitrogen and oxygen atoms in total. The van der Waals surface area contributed by atoms with Gasteiger partial charge in [0.1, 0.15) is 0 Å². The third kappa shape index (κ3) is 3.66. The van der Waals surface area contributed by atoms with E-state index in [1.165, 1.54) is 0 Å². The van der Waals surface area contributed by atoms with Gasteiger partial charge in [0.2, 0.25) is 0 Å². The molecule has 0 aromatic heterocycles. The van der Waals surface area contributed by atoms with E-state index in [0.29, 0.717) is 21.3 Å². The van der Waals surface area contributed by atoms with Crippen LogP contribution >= 0.6 is 39.1 Å². The molecule has 20 heavy (non-hydrogen) atoms. The quantitative estimate of drug-likeness (QED) is 0.792. The second-order valence-electron chi connectivity index (χ2n) is 4.10. The summed E-state index contributed by atoms with van der Waals surface area (Å²) >= 11 is 15.2. The molecule has 2 N–H and O–H groups in total. The first-order chi connectivity index (χ1) is 9.47. The second-order valence-corrected chi connectivity index (χ2v) is 5.80. The lowest BCUT2D eigenvalue weighted by molar-refractivity contribution is -0.138. The molecule has 0 heterocycles. The van der Waals surface area contributed by atoms with Gasteiger partial charge in [-0.15, -0.1) is 0 Å². The molecular weight excluding hydrogens is 365 g/mol. The van der Waals surface area contributed by atoms with Crippen molar-refractivity contribution in [3.63, 3.8) is 0 Å². The predicted molar refractivity (Wildman–Crippen MR) is 84.6 cm³/mol. The van der Waals surface area contributed by atoms with Crippen molar-refractivity contribution in [2.45, 2.75) is 6.04 Å². The summed E-state index contributed by atoms with van der Waals surface area (Å²) in [6.45, 7) is 0. The van der Waals surface area contributed by atoms with Crippen molar-refractivity contribution in [2.24, 2.45) is 0 Å². The molecule has 0 bridgehead atoms. The van der Waals surface area contributed by atoms with Gasteiger partial charge in [0.25, 0.3) is 0 Å². The van der Waals surface area contributed by atoms with E-state index in [0.717, 1.165) is 4.47 Å². The third-order valence-electron chi connectivity index (χ3n) is 2.66. The smallest absolute Gasteiger partial charge is 0.330 e. The van der Waals surface area contributed by atoms with Gasteiger partial charge in [0, 0.05) is 15.2 Å². The maximum absolute atomic E-state index is 11.4. The fourth-order valence-electron chi connectivity index (χ4n) is 1.72. The number of aliphatic carboxylic acids is 1. The Bertz CT molecular complexity index is 649. The number of hydrogen-bond donors (Lipinski definition) is 2. The highest BCUT2D eigenvalue weighted by molar-refractivity contribution is 9.10. The van der Waals surface area contributed by atoms with Gasteiger partial charge in [-0.25, -0.2) is 4.79 Å². The summed E-state index contributed by atoms with van der Waals surface area (Å²) in [5, 5.41) is 13.3. The fraction of sp³-hybridized carbons (Fsp3) is 0.0714. The Labute approximate surface area is 134 Å². The minimum absolute atomic E-state index is 0.460. The summed E-state index contributed by atoms with van der Waals surface area (Å²) in [7, 11) is 0. The van der Waals surface area contributed by atoms with Crippen molar-refractivity contribution in [3.05, 3.63) is 62.5 Å². The van der Waals surface area contributed by atoms with Crippen LogP contribution in [-0.2, 0) is 4.79 Å². The van der Waals surface area contributed by atoms with E-state index in [1.54, 1.807) is 42.5 Å². The van der Waals surface area contributed by atoms with Crippen molar-refractivity contribution in [1.82, 2.24) is 0 Å². The van der Waals surface area contributed by atoms with Gasteiger partial charge in [0.15, 0.2) is 6.04 Å². The largest absolute Gasteiger partial charge is 0.479 e. The molecule has 0 aliphatic heterocycles. The highest BCUT2D eigenvalue weighted by Gasteiger charge is 2.20. The Balaban J connectivity index is 2.32. The van der Waals surface area contributed by atoms with Crippen LogP contribution in [0.5, 0.6) is 0 Å². The van der Waals surface area contributed by atoms with Crippen molar-refractivity contribution in [3.8, 4) is 0 Å². The molecule has 0 aliphatic carbocycles. The van der Waals surface area contributed by atoms with Gasteiger partial charge >= 0.3 is 5.97 Å². The minimum Gasteiger partial charge on any atom is -0.479 e. The Hall–Kier alpha value is -1.23. The van der Waals surface area contributed by atoms with Gasteiger partial charge in [-0.2, -0.15) is 0 Å². The highest BCUT2D eigenvalue weighted by atomic mass is 79.9. The van der Waals surface area contributed by atoms with E-state index in [2.05, 4.69) is 21.2 Å². The maximum atomic E-state index is 11.4. The maximum Gasteiger partial charge on any atom is 0.330 e. The number of anilines is 1. The van der Waals surface area contributed by atoms with Gasteiger partial charge in [-0.3, -0.25) is 0 Å². The van der Waals surface area contributed by atoms with E-state index in [1.807, 2.05) is 0 Å². The van der Waals surface area contributed by atoms with E-state index in [-0.39, 0.29) is 0 Å². The third-order valence-corrected chi connectivity index (χ3v) is 4.13. The van der Waals surface area contributed by atoms with Crippen molar-refractivity contribution >= 4 is 50.8 Å². The average Bonchev–Trinajstić information content (AvgIpc) is 2.39. The van der Waals surface area contributed by atoms with Crippen LogP contribution in [0.3, 0.4) is 0 Å². The number of carboxylic acid groups (broad SMARTS) is 1. The number of carbonyl (C=O) groups is 1. The molecule has 0 aliphatic rings. The molecule has 2 aromatic carbocycles. The molecule has 6 heteroatoms. The van der Waals surface area contributed by atoms with E-state index in [9.17, 15) is 9.90 Å². The fourth-order valence-corrected chi connectivity index (χ4v) is 2.35. The highest BCUT2D eigenvalue weighted by Crippen LogP contribution is 2.28. The number of nitrogens with one attached hydrogen (secondary N) is 1. The Morgan fingerprint density at radius 3 is 2.55 bits per heavy atom. The standard InChI is InChI=1S/C14H10BrCl2NO2/c15-11-5-4-8(6-12(11)17)13(14(19)20)18-10-3-1-2-9(16)7-10/h1-7,13,18H,(H,19,20). The van der Waals surface area contributed by atoms with Gasteiger partial charge in [0.05, 0.1) is 5.02 Å². The predicted octanol–water partition coefficient (Wildman–Crippen LogP) is 4.99. The van der Waals surface area contributed by atoms with E-state index in [4.69, 9.17) is 23.2 Å².